The fourth-order valence-corrected chi connectivity index (χ4v) is 2.90. The summed E-state index contributed by atoms with van der Waals surface area (Å²) in [4.78, 5) is 14.9. The van der Waals surface area contributed by atoms with Crippen LogP contribution in [0.1, 0.15) is 55.1 Å². The van der Waals surface area contributed by atoms with Gasteiger partial charge in [-0.25, -0.2) is 4.79 Å². The third-order valence-electron chi connectivity index (χ3n) is 4.35. The van der Waals surface area contributed by atoms with Crippen molar-refractivity contribution in [2.75, 3.05) is 6.54 Å². The van der Waals surface area contributed by atoms with Gasteiger partial charge in [0.15, 0.2) is 0 Å². The van der Waals surface area contributed by atoms with Crippen molar-refractivity contribution in [1.29, 1.82) is 0 Å². The number of nitrogens with zero attached hydrogens (tertiary/aromatic N) is 1. The van der Waals surface area contributed by atoms with E-state index in [2.05, 4.69) is 17.2 Å². The van der Waals surface area contributed by atoms with E-state index in [9.17, 15) is 4.79 Å². The fourth-order valence-electron chi connectivity index (χ4n) is 2.90. The molecule has 1 aliphatic rings. The molecule has 20 heavy (non-hydrogen) atoms. The summed E-state index contributed by atoms with van der Waals surface area (Å²) in [5.74, 6) is 0.803. The zero-order valence-corrected chi connectivity index (χ0v) is 12.1. The lowest BCUT2D eigenvalue weighted by Crippen LogP contribution is -2.26. The molecule has 110 valence electrons. The highest BCUT2D eigenvalue weighted by Crippen LogP contribution is 2.30. The number of rotatable bonds is 6. The lowest BCUT2D eigenvalue weighted by atomic mass is 9.81. The van der Waals surface area contributed by atoms with Gasteiger partial charge < -0.3 is 10.4 Å². The average Bonchev–Trinajstić information content (AvgIpc) is 2.48. The van der Waals surface area contributed by atoms with E-state index in [1.54, 1.807) is 12.1 Å². The van der Waals surface area contributed by atoms with Gasteiger partial charge >= 0.3 is 5.97 Å². The number of hydrogen-bond acceptors (Lipinski definition) is 3. The summed E-state index contributed by atoms with van der Waals surface area (Å²) < 4.78 is 0. The van der Waals surface area contributed by atoms with Gasteiger partial charge in [0.1, 0.15) is 0 Å². The van der Waals surface area contributed by atoms with Gasteiger partial charge in [0.2, 0.25) is 0 Å². The molecule has 0 unspecified atom stereocenters. The molecule has 1 aliphatic carbocycles. The van der Waals surface area contributed by atoms with E-state index in [1.807, 2.05) is 0 Å². The largest absolute Gasteiger partial charge is 0.478 e. The van der Waals surface area contributed by atoms with Crippen LogP contribution in [-0.4, -0.2) is 22.6 Å². The predicted octanol–water partition coefficient (Wildman–Crippen LogP) is 3.09. The number of pyridine rings is 1. The first-order chi connectivity index (χ1) is 9.69. The minimum absolute atomic E-state index is 0.242. The Morgan fingerprint density at radius 2 is 2.00 bits per heavy atom. The highest BCUT2D eigenvalue weighted by molar-refractivity contribution is 5.87. The van der Waals surface area contributed by atoms with Gasteiger partial charge in [-0.05, 0) is 43.4 Å². The lowest BCUT2D eigenvalue weighted by molar-refractivity contribution is 0.0696. The lowest BCUT2D eigenvalue weighted by Gasteiger charge is -2.27. The van der Waals surface area contributed by atoms with Crippen molar-refractivity contribution in [2.24, 2.45) is 11.8 Å². The SMILES string of the molecule is CCC1CCC(CNCc2ccc(C(=O)O)cn2)CC1. The molecule has 1 aromatic heterocycles. The molecule has 0 radical (unpaired) electrons. The van der Waals surface area contributed by atoms with Gasteiger partial charge in [-0.2, -0.15) is 0 Å². The smallest absolute Gasteiger partial charge is 0.337 e. The molecular weight excluding hydrogens is 252 g/mol. The van der Waals surface area contributed by atoms with Crippen LogP contribution in [0.3, 0.4) is 0 Å². The number of carbonyl (C=O) groups is 1. The summed E-state index contributed by atoms with van der Waals surface area (Å²) in [6.07, 6.45) is 8.14. The van der Waals surface area contributed by atoms with Crippen molar-refractivity contribution in [1.82, 2.24) is 10.3 Å². The zero-order chi connectivity index (χ0) is 14.4. The first kappa shape index (κ1) is 15.0. The Bertz CT molecular complexity index is 423. The molecule has 2 N–H and O–H groups in total. The molecule has 0 spiro atoms. The average molecular weight is 276 g/mol. The van der Waals surface area contributed by atoms with Crippen LogP contribution in [0.2, 0.25) is 0 Å². The molecule has 0 saturated heterocycles. The molecule has 0 aromatic carbocycles. The Morgan fingerprint density at radius 1 is 1.30 bits per heavy atom. The molecule has 1 fully saturated rings. The molecule has 1 heterocycles. The Kier molecular flexibility index (Phi) is 5.53. The summed E-state index contributed by atoms with van der Waals surface area (Å²) in [7, 11) is 0. The number of hydrogen-bond donors (Lipinski definition) is 2. The van der Waals surface area contributed by atoms with Crippen molar-refractivity contribution >= 4 is 5.97 Å². The summed E-state index contributed by atoms with van der Waals surface area (Å²) in [6, 6.07) is 3.39. The second-order valence-corrected chi connectivity index (χ2v) is 5.77. The monoisotopic (exact) mass is 276 g/mol. The molecule has 4 heteroatoms. The molecule has 0 aliphatic heterocycles. The number of aromatic nitrogens is 1. The molecule has 2 rings (SSSR count). The number of carboxylic acids is 1. The molecule has 0 atom stereocenters. The second kappa shape index (κ2) is 7.39. The quantitative estimate of drug-likeness (QED) is 0.838. The van der Waals surface area contributed by atoms with Crippen molar-refractivity contribution in [3.8, 4) is 0 Å². The maximum Gasteiger partial charge on any atom is 0.337 e. The number of aromatic carboxylic acids is 1. The van der Waals surface area contributed by atoms with Crippen molar-refractivity contribution in [3.63, 3.8) is 0 Å². The first-order valence-corrected chi connectivity index (χ1v) is 7.58. The van der Waals surface area contributed by atoms with Gasteiger partial charge in [0.25, 0.3) is 0 Å². The first-order valence-electron chi connectivity index (χ1n) is 7.58. The highest BCUT2D eigenvalue weighted by atomic mass is 16.4. The summed E-state index contributed by atoms with van der Waals surface area (Å²) in [6.45, 7) is 4.04. The van der Waals surface area contributed by atoms with Gasteiger partial charge in [0.05, 0.1) is 11.3 Å². The normalized spacial score (nSPS) is 22.6. The Morgan fingerprint density at radius 3 is 2.55 bits per heavy atom. The van der Waals surface area contributed by atoms with Crippen LogP contribution in [0, 0.1) is 11.8 Å². The van der Waals surface area contributed by atoms with E-state index in [0.717, 1.165) is 24.1 Å². The van der Waals surface area contributed by atoms with Crippen LogP contribution in [0.5, 0.6) is 0 Å². The molecule has 4 nitrogen and oxygen atoms in total. The molecule has 0 amide bonds. The van der Waals surface area contributed by atoms with Crippen LogP contribution in [0.25, 0.3) is 0 Å². The van der Waals surface area contributed by atoms with Crippen LogP contribution >= 0.6 is 0 Å². The predicted molar refractivity (Wildman–Crippen MR) is 78.6 cm³/mol. The van der Waals surface area contributed by atoms with Crippen LogP contribution in [0.15, 0.2) is 18.3 Å². The second-order valence-electron chi connectivity index (χ2n) is 5.77. The van der Waals surface area contributed by atoms with Gasteiger partial charge in [0, 0.05) is 12.7 Å². The summed E-state index contributed by atoms with van der Waals surface area (Å²) >= 11 is 0. The summed E-state index contributed by atoms with van der Waals surface area (Å²) in [5.41, 5.74) is 1.14. The van der Waals surface area contributed by atoms with Crippen molar-refractivity contribution in [3.05, 3.63) is 29.6 Å². The molecule has 1 saturated carbocycles. The number of nitrogens with one attached hydrogen (secondary N) is 1. The van der Waals surface area contributed by atoms with Crippen molar-refractivity contribution in [2.45, 2.75) is 45.6 Å². The molecular formula is C16H24N2O2. The van der Waals surface area contributed by atoms with E-state index >= 15 is 0 Å². The third-order valence-corrected chi connectivity index (χ3v) is 4.35. The maximum atomic E-state index is 10.7. The zero-order valence-electron chi connectivity index (χ0n) is 12.1. The highest BCUT2D eigenvalue weighted by Gasteiger charge is 2.19. The van der Waals surface area contributed by atoms with Gasteiger partial charge in [-0.1, -0.05) is 26.2 Å². The maximum absolute atomic E-state index is 10.7. The van der Waals surface area contributed by atoms with E-state index < -0.39 is 5.97 Å². The van der Waals surface area contributed by atoms with E-state index in [1.165, 1.54) is 38.3 Å². The minimum atomic E-state index is -0.926. The van der Waals surface area contributed by atoms with Crippen LogP contribution in [-0.2, 0) is 6.54 Å². The number of carboxylic acid groups (broad SMARTS) is 1. The van der Waals surface area contributed by atoms with Crippen molar-refractivity contribution < 1.29 is 9.90 Å². The summed E-state index contributed by atoms with van der Waals surface area (Å²) in [5, 5.41) is 12.3. The van der Waals surface area contributed by atoms with Crippen LogP contribution < -0.4 is 5.32 Å². The van der Waals surface area contributed by atoms with E-state index in [0.29, 0.717) is 6.54 Å². The molecule has 1 aromatic rings. The Balaban J connectivity index is 1.69. The third kappa shape index (κ3) is 4.30. The van der Waals surface area contributed by atoms with E-state index in [4.69, 9.17) is 5.11 Å². The Labute approximate surface area is 120 Å². The van der Waals surface area contributed by atoms with Gasteiger partial charge in [-0.3, -0.25) is 4.98 Å². The Hall–Kier alpha value is -1.42. The van der Waals surface area contributed by atoms with Gasteiger partial charge in [-0.15, -0.1) is 0 Å². The van der Waals surface area contributed by atoms with E-state index in [-0.39, 0.29) is 5.56 Å². The topological polar surface area (TPSA) is 62.2 Å². The fraction of sp³-hybridized carbons (Fsp3) is 0.625. The molecule has 0 bridgehead atoms. The van der Waals surface area contributed by atoms with Crippen LogP contribution in [0.4, 0.5) is 0 Å². The minimum Gasteiger partial charge on any atom is -0.478 e. The standard InChI is InChI=1S/C16H24N2O2/c1-2-12-3-5-13(6-4-12)9-17-11-15-8-7-14(10-18-15)16(19)20/h7-8,10,12-13,17H,2-6,9,11H2,1H3,(H,19,20).